The van der Waals surface area contributed by atoms with Crippen molar-refractivity contribution in [3.05, 3.63) is 53.1 Å². The van der Waals surface area contributed by atoms with Crippen molar-refractivity contribution in [2.45, 2.75) is 6.54 Å². The van der Waals surface area contributed by atoms with Gasteiger partial charge in [0.1, 0.15) is 17.2 Å². The zero-order chi connectivity index (χ0) is 16.7. The smallest absolute Gasteiger partial charge is 0.258 e. The Morgan fingerprint density at radius 1 is 1.00 bits per heavy atom. The zero-order valence-electron chi connectivity index (χ0n) is 13.0. The quantitative estimate of drug-likeness (QED) is 0.845. The number of ether oxygens (including phenoxy) is 3. The number of hydrogen-bond donors (Lipinski definition) is 1. The maximum absolute atomic E-state index is 11.8. The molecule has 0 aliphatic heterocycles. The van der Waals surface area contributed by atoms with Crippen LogP contribution in [0.4, 0.5) is 0 Å². The Kier molecular flexibility index (Phi) is 6.11. The van der Waals surface area contributed by atoms with E-state index in [-0.39, 0.29) is 12.5 Å². The summed E-state index contributed by atoms with van der Waals surface area (Å²) < 4.78 is 15.8. The van der Waals surface area contributed by atoms with Gasteiger partial charge in [0.25, 0.3) is 5.91 Å². The molecule has 2 aromatic rings. The minimum absolute atomic E-state index is 0.0933. The van der Waals surface area contributed by atoms with Crippen LogP contribution in [0.2, 0.25) is 5.02 Å². The molecule has 0 bridgehead atoms. The molecule has 0 spiro atoms. The molecule has 23 heavy (non-hydrogen) atoms. The fraction of sp³-hybridized carbons (Fsp3) is 0.235. The normalized spacial score (nSPS) is 10.0. The number of halogens is 1. The molecule has 0 heterocycles. The maximum Gasteiger partial charge on any atom is 0.258 e. The molecule has 0 aromatic heterocycles. The van der Waals surface area contributed by atoms with Gasteiger partial charge in [0.15, 0.2) is 6.61 Å². The Bertz CT molecular complexity index is 636. The first-order valence-electron chi connectivity index (χ1n) is 6.97. The highest BCUT2D eigenvalue weighted by Gasteiger charge is 2.06. The molecule has 6 heteroatoms. The van der Waals surface area contributed by atoms with Crippen molar-refractivity contribution in [2.24, 2.45) is 0 Å². The van der Waals surface area contributed by atoms with Gasteiger partial charge < -0.3 is 19.5 Å². The molecule has 1 N–H and O–H groups in total. The third kappa shape index (κ3) is 5.38. The monoisotopic (exact) mass is 335 g/mol. The molecular formula is C17H18ClNO4. The van der Waals surface area contributed by atoms with E-state index in [1.54, 1.807) is 44.6 Å². The van der Waals surface area contributed by atoms with E-state index in [0.29, 0.717) is 28.8 Å². The Morgan fingerprint density at radius 3 is 2.13 bits per heavy atom. The highest BCUT2D eigenvalue weighted by molar-refractivity contribution is 6.30. The number of methoxy groups -OCH3 is 2. The van der Waals surface area contributed by atoms with Crippen LogP contribution < -0.4 is 19.5 Å². The van der Waals surface area contributed by atoms with Crippen molar-refractivity contribution in [2.75, 3.05) is 20.8 Å². The molecule has 122 valence electrons. The number of hydrogen-bond acceptors (Lipinski definition) is 4. The molecule has 0 atom stereocenters. The van der Waals surface area contributed by atoms with E-state index in [9.17, 15) is 4.79 Å². The molecule has 0 saturated carbocycles. The van der Waals surface area contributed by atoms with Crippen molar-refractivity contribution in [3.8, 4) is 17.2 Å². The summed E-state index contributed by atoms with van der Waals surface area (Å²) in [5, 5.41) is 3.44. The zero-order valence-corrected chi connectivity index (χ0v) is 13.7. The predicted molar refractivity (Wildman–Crippen MR) is 88.3 cm³/mol. The molecule has 1 amide bonds. The molecular weight excluding hydrogens is 318 g/mol. The number of carbonyl (C=O) groups is 1. The highest BCUT2D eigenvalue weighted by atomic mass is 35.5. The summed E-state index contributed by atoms with van der Waals surface area (Å²) >= 11 is 5.81. The maximum atomic E-state index is 11.8. The van der Waals surface area contributed by atoms with Crippen LogP contribution >= 0.6 is 11.6 Å². The average Bonchev–Trinajstić information content (AvgIpc) is 2.59. The molecule has 2 aromatic carbocycles. The van der Waals surface area contributed by atoms with Crippen molar-refractivity contribution in [1.82, 2.24) is 5.32 Å². The van der Waals surface area contributed by atoms with Crippen LogP contribution in [0, 0.1) is 0 Å². The lowest BCUT2D eigenvalue weighted by molar-refractivity contribution is -0.123. The first-order chi connectivity index (χ1) is 11.1. The third-order valence-electron chi connectivity index (χ3n) is 3.10. The summed E-state index contributed by atoms with van der Waals surface area (Å²) in [5.74, 6) is 1.48. The van der Waals surface area contributed by atoms with Gasteiger partial charge in [0, 0.05) is 29.8 Å². The summed E-state index contributed by atoms with van der Waals surface area (Å²) in [5.41, 5.74) is 0.964. The van der Waals surface area contributed by atoms with E-state index in [0.717, 1.165) is 5.56 Å². The second-order valence-electron chi connectivity index (χ2n) is 4.74. The number of rotatable bonds is 7. The lowest BCUT2D eigenvalue weighted by Crippen LogP contribution is -2.28. The van der Waals surface area contributed by atoms with Crippen LogP contribution in [0.3, 0.4) is 0 Å². The molecule has 0 fully saturated rings. The number of nitrogens with one attached hydrogen (secondary N) is 1. The second kappa shape index (κ2) is 8.29. The third-order valence-corrected chi connectivity index (χ3v) is 3.35. The van der Waals surface area contributed by atoms with E-state index in [1.807, 2.05) is 12.1 Å². The van der Waals surface area contributed by atoms with E-state index in [1.165, 1.54) is 0 Å². The second-order valence-corrected chi connectivity index (χ2v) is 5.18. The number of amides is 1. The average molecular weight is 336 g/mol. The van der Waals surface area contributed by atoms with Gasteiger partial charge in [-0.15, -0.1) is 0 Å². The minimum atomic E-state index is -0.221. The Labute approximate surface area is 140 Å². The van der Waals surface area contributed by atoms with Gasteiger partial charge in [-0.3, -0.25) is 4.79 Å². The number of benzene rings is 2. The lowest BCUT2D eigenvalue weighted by atomic mass is 10.2. The van der Waals surface area contributed by atoms with E-state index in [4.69, 9.17) is 25.8 Å². The van der Waals surface area contributed by atoms with Crippen molar-refractivity contribution < 1.29 is 19.0 Å². The van der Waals surface area contributed by atoms with Crippen LogP contribution in [-0.2, 0) is 11.3 Å². The van der Waals surface area contributed by atoms with Crippen LogP contribution in [0.1, 0.15) is 5.56 Å². The van der Waals surface area contributed by atoms with E-state index >= 15 is 0 Å². The Morgan fingerprint density at radius 2 is 1.57 bits per heavy atom. The fourth-order valence-electron chi connectivity index (χ4n) is 1.87. The first kappa shape index (κ1) is 17.0. The van der Waals surface area contributed by atoms with Crippen LogP contribution in [0.15, 0.2) is 42.5 Å². The summed E-state index contributed by atoms with van der Waals surface area (Å²) in [6.07, 6.45) is 0. The molecule has 0 unspecified atom stereocenters. The number of carbonyl (C=O) groups excluding carboxylic acids is 1. The summed E-state index contributed by atoms with van der Waals surface area (Å²) in [7, 11) is 3.11. The van der Waals surface area contributed by atoms with Gasteiger partial charge in [-0.2, -0.15) is 0 Å². The van der Waals surface area contributed by atoms with Crippen molar-refractivity contribution in [1.29, 1.82) is 0 Å². The predicted octanol–water partition coefficient (Wildman–Crippen LogP) is 3.05. The molecule has 0 aliphatic carbocycles. The minimum Gasteiger partial charge on any atom is -0.496 e. The van der Waals surface area contributed by atoms with Gasteiger partial charge in [0.05, 0.1) is 14.2 Å². The first-order valence-corrected chi connectivity index (χ1v) is 7.35. The topological polar surface area (TPSA) is 56.8 Å². The fourth-order valence-corrected chi connectivity index (χ4v) is 1.99. The standard InChI is InChI=1S/C17H18ClNO4/c1-21-14-7-15(22-2)9-16(8-14)23-11-17(20)19-10-12-3-5-13(18)6-4-12/h3-9H,10-11H2,1-2H3,(H,19,20). The highest BCUT2D eigenvalue weighted by Crippen LogP contribution is 2.27. The molecule has 0 aliphatic rings. The van der Waals surface area contributed by atoms with Crippen molar-refractivity contribution in [3.63, 3.8) is 0 Å². The molecule has 0 radical (unpaired) electrons. The Balaban J connectivity index is 1.85. The lowest BCUT2D eigenvalue weighted by Gasteiger charge is -2.10. The molecule has 5 nitrogen and oxygen atoms in total. The van der Waals surface area contributed by atoms with Crippen LogP contribution in [0.25, 0.3) is 0 Å². The summed E-state index contributed by atoms with van der Waals surface area (Å²) in [6.45, 7) is 0.324. The van der Waals surface area contributed by atoms with E-state index < -0.39 is 0 Å². The molecule has 0 saturated heterocycles. The van der Waals surface area contributed by atoms with E-state index in [2.05, 4.69) is 5.32 Å². The van der Waals surface area contributed by atoms with Gasteiger partial charge in [0.2, 0.25) is 0 Å². The van der Waals surface area contributed by atoms with Crippen molar-refractivity contribution >= 4 is 17.5 Å². The van der Waals surface area contributed by atoms with Gasteiger partial charge >= 0.3 is 0 Å². The SMILES string of the molecule is COc1cc(OC)cc(OCC(=O)NCc2ccc(Cl)cc2)c1. The van der Waals surface area contributed by atoms with Gasteiger partial charge in [-0.05, 0) is 17.7 Å². The summed E-state index contributed by atoms with van der Waals surface area (Å²) in [6, 6.07) is 12.4. The van der Waals surface area contributed by atoms with Gasteiger partial charge in [-0.25, -0.2) is 0 Å². The van der Waals surface area contributed by atoms with Gasteiger partial charge in [-0.1, -0.05) is 23.7 Å². The summed E-state index contributed by atoms with van der Waals surface area (Å²) in [4.78, 5) is 11.8. The largest absolute Gasteiger partial charge is 0.496 e. The Hall–Kier alpha value is -2.40. The van der Waals surface area contributed by atoms with Crippen LogP contribution in [0.5, 0.6) is 17.2 Å². The van der Waals surface area contributed by atoms with Crippen LogP contribution in [-0.4, -0.2) is 26.7 Å². The molecule has 2 rings (SSSR count).